The SMILES string of the molecule is Cc1cc(OCC(=O)NCCCc2ccccc2)cc(C)c1Cl. The summed E-state index contributed by atoms with van der Waals surface area (Å²) >= 11 is 6.11. The first-order valence-corrected chi connectivity index (χ1v) is 8.14. The Bertz CT molecular complexity index is 633. The molecular weight excluding hydrogens is 310 g/mol. The van der Waals surface area contributed by atoms with Crippen molar-refractivity contribution in [3.05, 3.63) is 64.2 Å². The summed E-state index contributed by atoms with van der Waals surface area (Å²) in [6.45, 7) is 4.51. The third-order valence-electron chi connectivity index (χ3n) is 3.59. The van der Waals surface area contributed by atoms with Crippen molar-refractivity contribution in [2.24, 2.45) is 0 Å². The zero-order valence-electron chi connectivity index (χ0n) is 13.6. The van der Waals surface area contributed by atoms with Crippen LogP contribution in [0.2, 0.25) is 5.02 Å². The predicted molar refractivity (Wildman–Crippen MR) is 94.2 cm³/mol. The Morgan fingerprint density at radius 2 is 1.78 bits per heavy atom. The van der Waals surface area contributed by atoms with Crippen molar-refractivity contribution >= 4 is 17.5 Å². The quantitative estimate of drug-likeness (QED) is 0.776. The van der Waals surface area contributed by atoms with Crippen molar-refractivity contribution in [3.8, 4) is 5.75 Å². The second-order valence-corrected chi connectivity index (χ2v) is 5.98. The van der Waals surface area contributed by atoms with Gasteiger partial charge in [-0.1, -0.05) is 41.9 Å². The van der Waals surface area contributed by atoms with Crippen molar-refractivity contribution in [2.75, 3.05) is 13.2 Å². The lowest BCUT2D eigenvalue weighted by atomic mass is 10.1. The van der Waals surface area contributed by atoms with Gasteiger partial charge in [-0.05, 0) is 55.5 Å². The van der Waals surface area contributed by atoms with E-state index in [9.17, 15) is 4.79 Å². The summed E-state index contributed by atoms with van der Waals surface area (Å²) < 4.78 is 5.53. The van der Waals surface area contributed by atoms with Gasteiger partial charge in [-0.15, -0.1) is 0 Å². The molecule has 0 radical (unpaired) electrons. The fourth-order valence-corrected chi connectivity index (χ4v) is 2.46. The lowest BCUT2D eigenvalue weighted by Gasteiger charge is -2.10. The fraction of sp³-hybridized carbons (Fsp3) is 0.316. The lowest BCUT2D eigenvalue weighted by molar-refractivity contribution is -0.123. The van der Waals surface area contributed by atoms with Gasteiger partial charge < -0.3 is 10.1 Å². The number of hydrogen-bond acceptors (Lipinski definition) is 2. The Hall–Kier alpha value is -2.00. The molecule has 0 unspecified atom stereocenters. The first-order chi connectivity index (χ1) is 11.1. The monoisotopic (exact) mass is 331 g/mol. The molecule has 0 aromatic heterocycles. The van der Waals surface area contributed by atoms with E-state index in [1.54, 1.807) is 0 Å². The van der Waals surface area contributed by atoms with Gasteiger partial charge in [0.15, 0.2) is 6.61 Å². The van der Waals surface area contributed by atoms with Crippen LogP contribution in [0.1, 0.15) is 23.1 Å². The van der Waals surface area contributed by atoms with E-state index in [1.165, 1.54) is 5.56 Å². The van der Waals surface area contributed by atoms with Crippen LogP contribution in [-0.2, 0) is 11.2 Å². The van der Waals surface area contributed by atoms with Crippen LogP contribution in [0.3, 0.4) is 0 Å². The normalized spacial score (nSPS) is 10.4. The number of carbonyl (C=O) groups excluding carboxylic acids is 1. The van der Waals surface area contributed by atoms with Gasteiger partial charge in [0.2, 0.25) is 0 Å². The minimum Gasteiger partial charge on any atom is -0.484 e. The van der Waals surface area contributed by atoms with Crippen molar-refractivity contribution in [2.45, 2.75) is 26.7 Å². The van der Waals surface area contributed by atoms with Gasteiger partial charge in [-0.3, -0.25) is 4.79 Å². The average Bonchev–Trinajstić information content (AvgIpc) is 2.55. The van der Waals surface area contributed by atoms with Gasteiger partial charge >= 0.3 is 0 Å². The highest BCUT2D eigenvalue weighted by atomic mass is 35.5. The summed E-state index contributed by atoms with van der Waals surface area (Å²) in [6.07, 6.45) is 1.87. The van der Waals surface area contributed by atoms with Gasteiger partial charge in [-0.25, -0.2) is 0 Å². The van der Waals surface area contributed by atoms with Gasteiger partial charge in [-0.2, -0.15) is 0 Å². The van der Waals surface area contributed by atoms with E-state index in [2.05, 4.69) is 17.4 Å². The van der Waals surface area contributed by atoms with E-state index in [1.807, 2.05) is 44.2 Å². The van der Waals surface area contributed by atoms with Crippen molar-refractivity contribution in [1.82, 2.24) is 5.32 Å². The third kappa shape index (κ3) is 5.61. The maximum absolute atomic E-state index is 11.8. The molecule has 23 heavy (non-hydrogen) atoms. The third-order valence-corrected chi connectivity index (χ3v) is 4.18. The summed E-state index contributed by atoms with van der Waals surface area (Å²) in [5, 5.41) is 3.61. The maximum Gasteiger partial charge on any atom is 0.257 e. The van der Waals surface area contributed by atoms with E-state index < -0.39 is 0 Å². The molecule has 0 heterocycles. The van der Waals surface area contributed by atoms with Crippen molar-refractivity contribution in [1.29, 1.82) is 0 Å². The fourth-order valence-electron chi connectivity index (χ4n) is 2.35. The molecule has 0 saturated carbocycles. The standard InChI is InChI=1S/C19H22ClNO2/c1-14-11-17(12-15(2)19(14)20)23-13-18(22)21-10-6-9-16-7-4-3-5-8-16/h3-5,7-8,11-12H,6,9-10,13H2,1-2H3,(H,21,22). The second-order valence-electron chi connectivity index (χ2n) is 5.60. The van der Waals surface area contributed by atoms with Gasteiger partial charge in [0.05, 0.1) is 0 Å². The number of rotatable bonds is 7. The first kappa shape index (κ1) is 17.4. The van der Waals surface area contributed by atoms with Gasteiger partial charge in [0, 0.05) is 11.6 Å². The van der Waals surface area contributed by atoms with E-state index in [0.29, 0.717) is 12.3 Å². The number of hydrogen-bond donors (Lipinski definition) is 1. The van der Waals surface area contributed by atoms with Crippen LogP contribution in [0.5, 0.6) is 5.75 Å². The summed E-state index contributed by atoms with van der Waals surface area (Å²) in [7, 11) is 0. The van der Waals surface area contributed by atoms with E-state index >= 15 is 0 Å². The molecule has 2 aromatic carbocycles. The number of benzene rings is 2. The molecule has 4 heteroatoms. The van der Waals surface area contributed by atoms with Crippen LogP contribution in [0.15, 0.2) is 42.5 Å². The predicted octanol–water partition coefficient (Wildman–Crippen LogP) is 4.08. The Labute approximate surface area is 142 Å². The zero-order valence-corrected chi connectivity index (χ0v) is 14.3. The molecule has 0 atom stereocenters. The number of halogens is 1. The van der Waals surface area contributed by atoms with E-state index in [-0.39, 0.29) is 12.5 Å². The minimum absolute atomic E-state index is 0.0197. The Morgan fingerprint density at radius 3 is 2.43 bits per heavy atom. The molecule has 3 nitrogen and oxygen atoms in total. The molecule has 0 aliphatic carbocycles. The molecule has 0 aliphatic heterocycles. The minimum atomic E-state index is -0.108. The van der Waals surface area contributed by atoms with Crippen LogP contribution >= 0.6 is 11.6 Å². The average molecular weight is 332 g/mol. The van der Waals surface area contributed by atoms with Crippen LogP contribution in [0.4, 0.5) is 0 Å². The maximum atomic E-state index is 11.8. The molecule has 2 aromatic rings. The molecule has 122 valence electrons. The van der Waals surface area contributed by atoms with Gasteiger partial charge in [0.25, 0.3) is 5.91 Å². The number of nitrogens with one attached hydrogen (secondary N) is 1. The lowest BCUT2D eigenvalue weighted by Crippen LogP contribution is -2.29. The van der Waals surface area contributed by atoms with Crippen LogP contribution < -0.4 is 10.1 Å². The summed E-state index contributed by atoms with van der Waals surface area (Å²) in [5.74, 6) is 0.562. The van der Waals surface area contributed by atoms with E-state index in [0.717, 1.165) is 29.0 Å². The highest BCUT2D eigenvalue weighted by molar-refractivity contribution is 6.32. The van der Waals surface area contributed by atoms with Crippen LogP contribution in [0.25, 0.3) is 0 Å². The Balaban J connectivity index is 1.69. The first-order valence-electron chi connectivity index (χ1n) is 7.76. The molecule has 1 amide bonds. The summed E-state index contributed by atoms with van der Waals surface area (Å²) in [4.78, 5) is 11.8. The second kappa shape index (κ2) is 8.59. The Morgan fingerprint density at radius 1 is 1.13 bits per heavy atom. The highest BCUT2D eigenvalue weighted by Gasteiger charge is 2.06. The molecule has 0 bridgehead atoms. The molecular formula is C19H22ClNO2. The summed E-state index contributed by atoms with van der Waals surface area (Å²) in [6, 6.07) is 13.9. The van der Waals surface area contributed by atoms with E-state index in [4.69, 9.17) is 16.3 Å². The number of amides is 1. The number of carbonyl (C=O) groups is 1. The summed E-state index contributed by atoms with van der Waals surface area (Å²) in [5.41, 5.74) is 3.18. The van der Waals surface area contributed by atoms with Crippen LogP contribution in [-0.4, -0.2) is 19.1 Å². The molecule has 0 aliphatic rings. The molecule has 1 N–H and O–H groups in total. The van der Waals surface area contributed by atoms with Crippen molar-refractivity contribution in [3.63, 3.8) is 0 Å². The molecule has 0 spiro atoms. The topological polar surface area (TPSA) is 38.3 Å². The smallest absolute Gasteiger partial charge is 0.257 e. The molecule has 0 fully saturated rings. The number of aryl methyl sites for hydroxylation is 3. The molecule has 0 saturated heterocycles. The van der Waals surface area contributed by atoms with Gasteiger partial charge in [0.1, 0.15) is 5.75 Å². The largest absolute Gasteiger partial charge is 0.484 e. The highest BCUT2D eigenvalue weighted by Crippen LogP contribution is 2.25. The van der Waals surface area contributed by atoms with Crippen molar-refractivity contribution < 1.29 is 9.53 Å². The zero-order chi connectivity index (χ0) is 16.7. The Kier molecular flexibility index (Phi) is 6.48. The molecule has 2 rings (SSSR count). The van der Waals surface area contributed by atoms with Crippen LogP contribution in [0, 0.1) is 13.8 Å². The number of ether oxygens (including phenoxy) is 1.